The van der Waals surface area contributed by atoms with Gasteiger partial charge in [-0.05, 0) is 12.1 Å². The highest BCUT2D eigenvalue weighted by Gasteiger charge is 2.28. The van der Waals surface area contributed by atoms with Crippen LogP contribution in [0, 0.1) is 0 Å². The van der Waals surface area contributed by atoms with E-state index < -0.39 is 12.1 Å². The zero-order valence-electron chi connectivity index (χ0n) is 9.57. The number of hydrogen-bond donors (Lipinski definition) is 2. The molecule has 0 aromatic carbocycles. The monoisotopic (exact) mass is 251 g/mol. The van der Waals surface area contributed by atoms with Crippen LogP contribution in [0.5, 0.6) is 0 Å². The number of amides is 2. The molecule has 96 valence electrons. The largest absolute Gasteiger partial charge is 0.479 e. The van der Waals surface area contributed by atoms with Gasteiger partial charge in [0.15, 0.2) is 6.10 Å². The minimum absolute atomic E-state index is 0.0431. The van der Waals surface area contributed by atoms with E-state index in [1.54, 1.807) is 18.3 Å². The first kappa shape index (κ1) is 12.3. The van der Waals surface area contributed by atoms with E-state index in [1.165, 1.54) is 11.1 Å². The van der Waals surface area contributed by atoms with Gasteiger partial charge in [-0.3, -0.25) is 4.98 Å². The van der Waals surface area contributed by atoms with Gasteiger partial charge in [0.25, 0.3) is 0 Å². The van der Waals surface area contributed by atoms with Gasteiger partial charge in [-0.15, -0.1) is 0 Å². The van der Waals surface area contributed by atoms with Crippen molar-refractivity contribution >= 4 is 17.7 Å². The van der Waals surface area contributed by atoms with E-state index in [0.717, 1.165) is 0 Å². The number of aromatic nitrogens is 1. The Bertz CT molecular complexity index is 437. The molecule has 0 bridgehead atoms. The highest BCUT2D eigenvalue weighted by molar-refractivity contribution is 5.89. The van der Waals surface area contributed by atoms with E-state index >= 15 is 0 Å². The van der Waals surface area contributed by atoms with Crippen molar-refractivity contribution in [2.75, 3.05) is 25.0 Å². The molecular formula is C11H13N3O4. The summed E-state index contributed by atoms with van der Waals surface area (Å²) >= 11 is 0. The maximum Gasteiger partial charge on any atom is 0.334 e. The first-order chi connectivity index (χ1) is 8.66. The van der Waals surface area contributed by atoms with Crippen molar-refractivity contribution in [2.24, 2.45) is 0 Å². The number of ether oxygens (including phenoxy) is 1. The van der Waals surface area contributed by atoms with Gasteiger partial charge in [-0.2, -0.15) is 0 Å². The quantitative estimate of drug-likeness (QED) is 0.793. The lowest BCUT2D eigenvalue weighted by atomic mass is 10.3. The van der Waals surface area contributed by atoms with Crippen molar-refractivity contribution in [3.05, 3.63) is 24.5 Å². The van der Waals surface area contributed by atoms with Gasteiger partial charge in [0.1, 0.15) is 0 Å². The molecule has 1 aliphatic rings. The smallest absolute Gasteiger partial charge is 0.334 e. The van der Waals surface area contributed by atoms with E-state index in [0.29, 0.717) is 12.2 Å². The molecule has 1 unspecified atom stereocenters. The summed E-state index contributed by atoms with van der Waals surface area (Å²) in [4.78, 5) is 27.9. The Morgan fingerprint density at radius 2 is 2.39 bits per heavy atom. The third kappa shape index (κ3) is 2.95. The van der Waals surface area contributed by atoms with Crippen LogP contribution in [0.4, 0.5) is 10.5 Å². The third-order valence-electron chi connectivity index (χ3n) is 2.54. The second-order valence-electron chi connectivity index (χ2n) is 3.82. The predicted molar refractivity (Wildman–Crippen MR) is 62.2 cm³/mol. The predicted octanol–water partition coefficient (Wildman–Crippen LogP) is 0.399. The number of morpholine rings is 1. The van der Waals surface area contributed by atoms with E-state index in [4.69, 9.17) is 9.84 Å². The highest BCUT2D eigenvalue weighted by atomic mass is 16.5. The van der Waals surface area contributed by atoms with Crippen LogP contribution in [-0.2, 0) is 9.53 Å². The number of carboxylic acid groups (broad SMARTS) is 1. The Hall–Kier alpha value is -2.15. The lowest BCUT2D eigenvalue weighted by Gasteiger charge is -2.30. The van der Waals surface area contributed by atoms with Crippen LogP contribution in [0.3, 0.4) is 0 Å². The van der Waals surface area contributed by atoms with Gasteiger partial charge in [0.05, 0.1) is 25.0 Å². The number of anilines is 1. The van der Waals surface area contributed by atoms with Crippen molar-refractivity contribution < 1.29 is 19.4 Å². The van der Waals surface area contributed by atoms with Gasteiger partial charge in [-0.25, -0.2) is 9.59 Å². The van der Waals surface area contributed by atoms with Crippen LogP contribution in [-0.4, -0.2) is 52.8 Å². The van der Waals surface area contributed by atoms with Gasteiger partial charge >= 0.3 is 12.0 Å². The highest BCUT2D eigenvalue weighted by Crippen LogP contribution is 2.09. The molecule has 0 radical (unpaired) electrons. The maximum absolute atomic E-state index is 11.9. The first-order valence-corrected chi connectivity index (χ1v) is 5.47. The SMILES string of the molecule is O=C(O)C1CN(C(=O)Nc2cccnc2)CCO1. The lowest BCUT2D eigenvalue weighted by Crippen LogP contribution is -2.49. The molecule has 0 saturated carbocycles. The zero-order valence-corrected chi connectivity index (χ0v) is 9.57. The van der Waals surface area contributed by atoms with Crippen molar-refractivity contribution in [2.45, 2.75) is 6.10 Å². The minimum Gasteiger partial charge on any atom is -0.479 e. The molecule has 1 aliphatic heterocycles. The molecule has 2 rings (SSSR count). The average molecular weight is 251 g/mol. The number of hydrogen-bond acceptors (Lipinski definition) is 4. The molecule has 2 amide bonds. The third-order valence-corrected chi connectivity index (χ3v) is 2.54. The standard InChI is InChI=1S/C11H13N3O4/c15-10(16)9-7-14(4-5-18-9)11(17)13-8-2-1-3-12-6-8/h1-3,6,9H,4-5,7H2,(H,13,17)(H,15,16). The maximum atomic E-state index is 11.9. The molecule has 1 aromatic rings. The summed E-state index contributed by atoms with van der Waals surface area (Å²) in [7, 11) is 0. The van der Waals surface area contributed by atoms with Crippen LogP contribution in [0.25, 0.3) is 0 Å². The summed E-state index contributed by atoms with van der Waals surface area (Å²) in [5, 5.41) is 11.5. The molecule has 0 aliphatic carbocycles. The summed E-state index contributed by atoms with van der Waals surface area (Å²) in [6.07, 6.45) is 2.16. The lowest BCUT2D eigenvalue weighted by molar-refractivity contribution is -0.154. The number of carboxylic acids is 1. The van der Waals surface area contributed by atoms with Gasteiger partial charge in [-0.1, -0.05) is 0 Å². The minimum atomic E-state index is -1.06. The fraction of sp³-hybridized carbons (Fsp3) is 0.364. The molecular weight excluding hydrogens is 238 g/mol. The fourth-order valence-corrected chi connectivity index (χ4v) is 1.62. The number of carbonyl (C=O) groups excluding carboxylic acids is 1. The number of rotatable bonds is 2. The van der Waals surface area contributed by atoms with E-state index in [9.17, 15) is 9.59 Å². The fourth-order valence-electron chi connectivity index (χ4n) is 1.62. The van der Waals surface area contributed by atoms with E-state index in [-0.39, 0.29) is 19.2 Å². The Labute approximate surface area is 103 Å². The number of urea groups is 1. The van der Waals surface area contributed by atoms with E-state index in [1.807, 2.05) is 0 Å². The molecule has 18 heavy (non-hydrogen) atoms. The van der Waals surface area contributed by atoms with Crippen LogP contribution < -0.4 is 5.32 Å². The summed E-state index contributed by atoms with van der Waals surface area (Å²) in [5.41, 5.74) is 0.570. The summed E-state index contributed by atoms with van der Waals surface area (Å²) < 4.78 is 5.04. The topological polar surface area (TPSA) is 91.8 Å². The molecule has 1 aromatic heterocycles. The van der Waals surface area contributed by atoms with Crippen molar-refractivity contribution in [3.63, 3.8) is 0 Å². The van der Waals surface area contributed by atoms with Crippen LogP contribution >= 0.6 is 0 Å². The number of nitrogens with zero attached hydrogens (tertiary/aromatic N) is 2. The summed E-state index contributed by atoms with van der Waals surface area (Å²) in [5.74, 6) is -1.06. The van der Waals surface area contributed by atoms with E-state index in [2.05, 4.69) is 10.3 Å². The van der Waals surface area contributed by atoms with Crippen molar-refractivity contribution in [1.29, 1.82) is 0 Å². The van der Waals surface area contributed by atoms with Gasteiger partial charge < -0.3 is 20.1 Å². The molecule has 2 N–H and O–H groups in total. The summed E-state index contributed by atoms with van der Waals surface area (Å²) in [6, 6.07) is 3.06. The Morgan fingerprint density at radius 1 is 1.56 bits per heavy atom. The second-order valence-corrected chi connectivity index (χ2v) is 3.82. The van der Waals surface area contributed by atoms with Crippen molar-refractivity contribution in [1.82, 2.24) is 9.88 Å². The van der Waals surface area contributed by atoms with Gasteiger partial charge in [0.2, 0.25) is 0 Å². The zero-order chi connectivity index (χ0) is 13.0. The van der Waals surface area contributed by atoms with Crippen LogP contribution in [0.1, 0.15) is 0 Å². The molecule has 1 fully saturated rings. The normalized spacial score (nSPS) is 19.3. The Kier molecular flexibility index (Phi) is 3.73. The molecule has 1 atom stereocenters. The van der Waals surface area contributed by atoms with Crippen LogP contribution in [0.15, 0.2) is 24.5 Å². The second kappa shape index (κ2) is 5.46. The Balaban J connectivity index is 1.95. The van der Waals surface area contributed by atoms with Crippen LogP contribution in [0.2, 0.25) is 0 Å². The number of nitrogens with one attached hydrogen (secondary N) is 1. The number of carbonyl (C=O) groups is 2. The molecule has 7 heteroatoms. The average Bonchev–Trinajstić information content (AvgIpc) is 2.40. The molecule has 7 nitrogen and oxygen atoms in total. The summed E-state index contributed by atoms with van der Waals surface area (Å²) in [6.45, 7) is 0.634. The first-order valence-electron chi connectivity index (χ1n) is 5.47. The number of pyridine rings is 1. The van der Waals surface area contributed by atoms with Crippen molar-refractivity contribution in [3.8, 4) is 0 Å². The Morgan fingerprint density at radius 3 is 3.06 bits per heavy atom. The van der Waals surface area contributed by atoms with Gasteiger partial charge in [0, 0.05) is 12.7 Å². The molecule has 2 heterocycles. The molecule has 0 spiro atoms. The molecule has 1 saturated heterocycles. The number of aliphatic carboxylic acids is 1.